The summed E-state index contributed by atoms with van der Waals surface area (Å²) in [7, 11) is -1.58. The molecule has 0 aliphatic heterocycles. The van der Waals surface area contributed by atoms with Gasteiger partial charge in [-0.25, -0.2) is 14.6 Å². The maximum absolute atomic E-state index is 8.88. The maximum Gasteiger partial charge on any atom is 0.491 e. The second-order valence-corrected chi connectivity index (χ2v) is 2.98. The lowest BCUT2D eigenvalue weighted by atomic mass is 9.83. The van der Waals surface area contributed by atoms with Gasteiger partial charge in [0.2, 0.25) is 5.95 Å². The van der Waals surface area contributed by atoms with Crippen LogP contribution in [0.15, 0.2) is 24.8 Å². The zero-order valence-electron chi connectivity index (χ0n) is 8.02. The smallest absolute Gasteiger partial charge is 0.423 e. The van der Waals surface area contributed by atoms with Gasteiger partial charge < -0.3 is 10.0 Å². The maximum atomic E-state index is 8.88. The van der Waals surface area contributed by atoms with Crippen molar-refractivity contribution in [3.63, 3.8) is 0 Å². The standard InChI is InChI=1S/C8H6BN5O2/c10-1-6-2-11-8(12-3-6)14-5-7(4-13-14)9(15)16/h2-5,15-16H. The molecule has 0 amide bonds. The molecule has 2 aromatic rings. The Morgan fingerprint density at radius 1 is 1.25 bits per heavy atom. The highest BCUT2D eigenvalue weighted by molar-refractivity contribution is 6.58. The molecule has 0 unspecified atom stereocenters. The average Bonchev–Trinajstić information content (AvgIpc) is 2.78. The van der Waals surface area contributed by atoms with Crippen molar-refractivity contribution in [1.82, 2.24) is 19.7 Å². The summed E-state index contributed by atoms with van der Waals surface area (Å²) < 4.78 is 1.29. The predicted octanol–water partition coefficient (Wildman–Crippen LogP) is -1.79. The third-order valence-electron chi connectivity index (χ3n) is 1.87. The van der Waals surface area contributed by atoms with E-state index < -0.39 is 7.12 Å². The van der Waals surface area contributed by atoms with E-state index in [1.807, 2.05) is 6.07 Å². The Balaban J connectivity index is 2.32. The Labute approximate surface area is 90.8 Å². The molecule has 0 fully saturated rings. The van der Waals surface area contributed by atoms with Crippen LogP contribution in [0, 0.1) is 11.3 Å². The fourth-order valence-corrected chi connectivity index (χ4v) is 1.08. The third kappa shape index (κ3) is 1.90. The minimum atomic E-state index is -1.58. The minimum Gasteiger partial charge on any atom is -0.423 e. The van der Waals surface area contributed by atoms with Crippen LogP contribution < -0.4 is 5.46 Å². The fourth-order valence-electron chi connectivity index (χ4n) is 1.08. The molecule has 0 aliphatic rings. The van der Waals surface area contributed by atoms with Crippen molar-refractivity contribution in [2.24, 2.45) is 0 Å². The van der Waals surface area contributed by atoms with Crippen LogP contribution in [0.25, 0.3) is 5.95 Å². The van der Waals surface area contributed by atoms with Gasteiger partial charge in [0.05, 0.1) is 18.0 Å². The van der Waals surface area contributed by atoms with Crippen LogP contribution in [0.5, 0.6) is 0 Å². The molecule has 2 rings (SSSR count). The molecule has 16 heavy (non-hydrogen) atoms. The molecular formula is C8H6BN5O2. The van der Waals surface area contributed by atoms with E-state index in [2.05, 4.69) is 15.1 Å². The first-order valence-electron chi connectivity index (χ1n) is 4.34. The highest BCUT2D eigenvalue weighted by atomic mass is 16.4. The van der Waals surface area contributed by atoms with E-state index in [9.17, 15) is 0 Å². The molecule has 0 aliphatic carbocycles. The lowest BCUT2D eigenvalue weighted by molar-refractivity contribution is 0.426. The molecule has 0 aromatic carbocycles. The van der Waals surface area contributed by atoms with E-state index in [0.717, 1.165) is 0 Å². The van der Waals surface area contributed by atoms with Gasteiger partial charge in [0.1, 0.15) is 6.07 Å². The van der Waals surface area contributed by atoms with Gasteiger partial charge in [-0.1, -0.05) is 0 Å². The number of hydrogen-bond donors (Lipinski definition) is 2. The highest BCUT2D eigenvalue weighted by Crippen LogP contribution is 1.98. The van der Waals surface area contributed by atoms with Crippen molar-refractivity contribution in [1.29, 1.82) is 5.26 Å². The van der Waals surface area contributed by atoms with E-state index in [1.165, 1.54) is 29.5 Å². The molecule has 78 valence electrons. The van der Waals surface area contributed by atoms with Gasteiger partial charge >= 0.3 is 7.12 Å². The Bertz CT molecular complexity index is 530. The number of aromatic nitrogens is 4. The van der Waals surface area contributed by atoms with Gasteiger partial charge in [0.25, 0.3) is 0 Å². The summed E-state index contributed by atoms with van der Waals surface area (Å²) in [5, 5.41) is 30.2. The highest BCUT2D eigenvalue weighted by Gasteiger charge is 2.14. The van der Waals surface area contributed by atoms with Crippen molar-refractivity contribution < 1.29 is 10.0 Å². The van der Waals surface area contributed by atoms with Gasteiger partial charge in [0, 0.05) is 17.9 Å². The van der Waals surface area contributed by atoms with E-state index in [-0.39, 0.29) is 11.4 Å². The fraction of sp³-hybridized carbons (Fsp3) is 0. The van der Waals surface area contributed by atoms with Gasteiger partial charge in [-0.2, -0.15) is 10.4 Å². The summed E-state index contributed by atoms with van der Waals surface area (Å²) in [6.07, 6.45) is 5.41. The molecule has 0 atom stereocenters. The van der Waals surface area contributed by atoms with Crippen LogP contribution in [-0.2, 0) is 0 Å². The molecule has 0 radical (unpaired) electrons. The predicted molar refractivity (Wildman–Crippen MR) is 53.7 cm³/mol. The van der Waals surface area contributed by atoms with E-state index in [1.54, 1.807) is 0 Å². The summed E-state index contributed by atoms with van der Waals surface area (Å²) in [6.45, 7) is 0. The van der Waals surface area contributed by atoms with Gasteiger partial charge in [-0.05, 0) is 0 Å². The summed E-state index contributed by atoms with van der Waals surface area (Å²) in [5.41, 5.74) is 0.589. The zero-order valence-corrected chi connectivity index (χ0v) is 8.02. The first-order chi connectivity index (χ1) is 7.70. The topological polar surface area (TPSA) is 108 Å². The Morgan fingerprint density at radius 3 is 2.44 bits per heavy atom. The van der Waals surface area contributed by atoms with Crippen molar-refractivity contribution >= 4 is 12.6 Å². The average molecular weight is 215 g/mol. The van der Waals surface area contributed by atoms with Gasteiger partial charge in [-0.3, -0.25) is 0 Å². The van der Waals surface area contributed by atoms with Crippen LogP contribution >= 0.6 is 0 Å². The number of nitrogens with zero attached hydrogens (tertiary/aromatic N) is 5. The second-order valence-electron chi connectivity index (χ2n) is 2.98. The second kappa shape index (κ2) is 4.10. The molecule has 0 bridgehead atoms. The van der Waals surface area contributed by atoms with Crippen LogP contribution in [0.4, 0.5) is 0 Å². The van der Waals surface area contributed by atoms with Crippen molar-refractivity contribution in [3.8, 4) is 12.0 Å². The molecule has 7 nitrogen and oxygen atoms in total. The summed E-state index contributed by atoms with van der Waals surface area (Å²) in [5.74, 6) is 0.255. The van der Waals surface area contributed by atoms with E-state index in [0.29, 0.717) is 5.56 Å². The minimum absolute atomic E-state index is 0.243. The first-order valence-corrected chi connectivity index (χ1v) is 4.34. The van der Waals surface area contributed by atoms with Crippen molar-refractivity contribution in [2.45, 2.75) is 0 Å². The van der Waals surface area contributed by atoms with E-state index >= 15 is 0 Å². The summed E-state index contributed by atoms with van der Waals surface area (Å²) >= 11 is 0. The quantitative estimate of drug-likeness (QED) is 0.573. The van der Waals surface area contributed by atoms with Crippen LogP contribution in [0.2, 0.25) is 0 Å². The number of nitriles is 1. The van der Waals surface area contributed by atoms with Crippen molar-refractivity contribution in [2.75, 3.05) is 0 Å². The van der Waals surface area contributed by atoms with Crippen LogP contribution in [-0.4, -0.2) is 36.9 Å². The molecule has 0 spiro atoms. The third-order valence-corrected chi connectivity index (χ3v) is 1.87. The Morgan fingerprint density at radius 2 is 1.94 bits per heavy atom. The Kier molecular flexibility index (Phi) is 2.63. The normalized spacial score (nSPS) is 9.81. The summed E-state index contributed by atoms with van der Waals surface area (Å²) in [4.78, 5) is 7.79. The molecule has 8 heteroatoms. The largest absolute Gasteiger partial charge is 0.491 e. The zero-order chi connectivity index (χ0) is 11.5. The van der Waals surface area contributed by atoms with Crippen LogP contribution in [0.1, 0.15) is 5.56 Å². The number of hydrogen-bond acceptors (Lipinski definition) is 6. The molecule has 0 saturated heterocycles. The summed E-state index contributed by atoms with van der Waals surface area (Å²) in [6, 6.07) is 1.89. The SMILES string of the molecule is N#Cc1cnc(-n2cc(B(O)O)cn2)nc1. The monoisotopic (exact) mass is 215 g/mol. The Hall–Kier alpha value is -2.24. The van der Waals surface area contributed by atoms with Gasteiger partial charge in [-0.15, -0.1) is 0 Å². The van der Waals surface area contributed by atoms with Gasteiger partial charge in [0.15, 0.2) is 0 Å². The molecule has 2 N–H and O–H groups in total. The molecule has 0 saturated carbocycles. The number of rotatable bonds is 2. The first kappa shape index (κ1) is 10.3. The molecule has 2 aromatic heterocycles. The molecule has 2 heterocycles. The lowest BCUT2D eigenvalue weighted by Crippen LogP contribution is -2.28. The lowest BCUT2D eigenvalue weighted by Gasteiger charge is -1.97. The van der Waals surface area contributed by atoms with Crippen molar-refractivity contribution in [3.05, 3.63) is 30.4 Å². The van der Waals surface area contributed by atoms with E-state index in [4.69, 9.17) is 15.3 Å². The molecular weight excluding hydrogens is 209 g/mol. The van der Waals surface area contributed by atoms with Crippen LogP contribution in [0.3, 0.4) is 0 Å².